The molecule has 7 nitrogen and oxygen atoms in total. The highest BCUT2D eigenvalue weighted by Gasteiger charge is 2.33. The first-order valence-electron chi connectivity index (χ1n) is 12.0. The van der Waals surface area contributed by atoms with Crippen LogP contribution in [0.15, 0.2) is 50.8 Å². The number of rotatable bonds is 10. The van der Waals surface area contributed by atoms with E-state index in [1.807, 2.05) is 25.1 Å². The molecule has 1 atom stereocenters. The SMILES string of the molecule is CCCCC(CC)CN1C(=O)C(=Cc2c(NCc3ccco3)nc3c(C)cccn3c2=O)SC1=S. The van der Waals surface area contributed by atoms with E-state index in [0.29, 0.717) is 51.0 Å². The Hall–Kier alpha value is -2.91. The summed E-state index contributed by atoms with van der Waals surface area (Å²) in [5.41, 5.74) is 1.51. The van der Waals surface area contributed by atoms with Crippen molar-refractivity contribution in [3.63, 3.8) is 0 Å². The van der Waals surface area contributed by atoms with E-state index in [-0.39, 0.29) is 11.5 Å². The molecule has 1 aliphatic heterocycles. The highest BCUT2D eigenvalue weighted by Crippen LogP contribution is 2.34. The molecule has 4 rings (SSSR count). The van der Waals surface area contributed by atoms with E-state index in [4.69, 9.17) is 21.6 Å². The van der Waals surface area contributed by atoms with Gasteiger partial charge in [-0.15, -0.1) is 0 Å². The number of furan rings is 1. The lowest BCUT2D eigenvalue weighted by Gasteiger charge is -2.21. The number of carbonyl (C=O) groups is 1. The molecule has 1 amide bonds. The summed E-state index contributed by atoms with van der Waals surface area (Å²) in [6.45, 7) is 7.19. The van der Waals surface area contributed by atoms with Gasteiger partial charge in [0.15, 0.2) is 0 Å². The summed E-state index contributed by atoms with van der Waals surface area (Å²) in [4.78, 5) is 33.7. The molecule has 0 aliphatic carbocycles. The molecule has 184 valence electrons. The van der Waals surface area contributed by atoms with Crippen molar-refractivity contribution in [1.82, 2.24) is 14.3 Å². The van der Waals surface area contributed by atoms with Crippen molar-refractivity contribution in [2.45, 2.75) is 53.0 Å². The van der Waals surface area contributed by atoms with Crippen molar-refractivity contribution in [2.24, 2.45) is 5.92 Å². The fraction of sp³-hybridized carbons (Fsp3) is 0.385. The van der Waals surface area contributed by atoms with Gasteiger partial charge in [0.2, 0.25) is 0 Å². The first-order valence-corrected chi connectivity index (χ1v) is 13.2. The van der Waals surface area contributed by atoms with Crippen LogP contribution in [0.4, 0.5) is 5.82 Å². The first kappa shape index (κ1) is 25.2. The molecule has 4 heterocycles. The normalized spacial score (nSPS) is 16.0. The number of aryl methyl sites for hydroxylation is 1. The van der Waals surface area contributed by atoms with E-state index >= 15 is 0 Å². The maximum atomic E-state index is 13.5. The Bertz CT molecular complexity index is 1310. The summed E-state index contributed by atoms with van der Waals surface area (Å²) in [6, 6.07) is 7.37. The third-order valence-corrected chi connectivity index (χ3v) is 7.61. The Morgan fingerprint density at radius 2 is 2.09 bits per heavy atom. The molecule has 3 aromatic heterocycles. The number of pyridine rings is 1. The summed E-state index contributed by atoms with van der Waals surface area (Å²) in [5.74, 6) is 1.37. The standard InChI is InChI=1S/C26H30N4O3S2/c1-4-6-10-18(5-2)16-30-25(32)21(35-26(30)34)14-20-22(27-15-19-11-8-13-33-19)28-23-17(3)9-7-12-29(23)24(20)31/h7-9,11-14,18,27H,4-6,10,15-16H2,1-3H3. The molecule has 0 spiro atoms. The number of nitrogens with one attached hydrogen (secondary N) is 1. The zero-order valence-electron chi connectivity index (χ0n) is 20.2. The predicted molar refractivity (Wildman–Crippen MR) is 145 cm³/mol. The maximum absolute atomic E-state index is 13.5. The summed E-state index contributed by atoms with van der Waals surface area (Å²) >= 11 is 6.80. The minimum absolute atomic E-state index is 0.152. The predicted octanol–water partition coefficient (Wildman–Crippen LogP) is 5.63. The number of aromatic nitrogens is 2. The molecule has 1 N–H and O–H groups in total. The lowest BCUT2D eigenvalue weighted by atomic mass is 9.99. The van der Waals surface area contributed by atoms with Crippen LogP contribution in [0.2, 0.25) is 0 Å². The number of amides is 1. The van der Waals surface area contributed by atoms with Crippen molar-refractivity contribution in [2.75, 3.05) is 11.9 Å². The van der Waals surface area contributed by atoms with Crippen LogP contribution < -0.4 is 10.9 Å². The summed E-state index contributed by atoms with van der Waals surface area (Å²) in [7, 11) is 0. The molecule has 1 fully saturated rings. The van der Waals surface area contributed by atoms with Crippen molar-refractivity contribution < 1.29 is 9.21 Å². The van der Waals surface area contributed by atoms with Crippen LogP contribution >= 0.6 is 24.0 Å². The number of fused-ring (bicyclic) bond motifs is 1. The lowest BCUT2D eigenvalue weighted by Crippen LogP contribution is -2.33. The molecule has 35 heavy (non-hydrogen) atoms. The lowest BCUT2D eigenvalue weighted by molar-refractivity contribution is -0.122. The summed E-state index contributed by atoms with van der Waals surface area (Å²) in [5, 5.41) is 3.22. The zero-order valence-corrected chi connectivity index (χ0v) is 21.9. The van der Waals surface area contributed by atoms with Gasteiger partial charge in [-0.1, -0.05) is 63.2 Å². The molecular weight excluding hydrogens is 480 g/mol. The molecule has 0 bridgehead atoms. The molecule has 0 saturated carbocycles. The second kappa shape index (κ2) is 11.2. The topological polar surface area (TPSA) is 79.8 Å². The Balaban J connectivity index is 1.70. The highest BCUT2D eigenvalue weighted by atomic mass is 32.2. The van der Waals surface area contributed by atoms with Crippen molar-refractivity contribution in [1.29, 1.82) is 0 Å². The van der Waals surface area contributed by atoms with Crippen molar-refractivity contribution >= 4 is 51.7 Å². The van der Waals surface area contributed by atoms with E-state index in [2.05, 4.69) is 19.2 Å². The van der Waals surface area contributed by atoms with E-state index < -0.39 is 0 Å². The molecule has 1 saturated heterocycles. The smallest absolute Gasteiger partial charge is 0.267 e. The van der Waals surface area contributed by atoms with E-state index in [9.17, 15) is 9.59 Å². The third kappa shape index (κ3) is 5.51. The van der Waals surface area contributed by atoms with Crippen molar-refractivity contribution in [3.05, 3.63) is 68.9 Å². The largest absolute Gasteiger partial charge is 0.467 e. The van der Waals surface area contributed by atoms with Crippen LogP contribution in [-0.2, 0) is 11.3 Å². The van der Waals surface area contributed by atoms with Crippen LogP contribution in [0.3, 0.4) is 0 Å². The fourth-order valence-corrected chi connectivity index (χ4v) is 5.38. The molecule has 1 unspecified atom stereocenters. The Labute approximate surface area is 214 Å². The average Bonchev–Trinajstić information content (AvgIpc) is 3.46. The second-order valence-corrected chi connectivity index (χ2v) is 10.4. The van der Waals surface area contributed by atoms with Gasteiger partial charge in [0.25, 0.3) is 11.5 Å². The number of thioether (sulfide) groups is 1. The Morgan fingerprint density at radius 1 is 1.26 bits per heavy atom. The zero-order chi connectivity index (χ0) is 24.9. The molecule has 1 aliphatic rings. The second-order valence-electron chi connectivity index (χ2n) is 8.71. The van der Waals surface area contributed by atoms with Crippen LogP contribution in [0.1, 0.15) is 56.4 Å². The minimum Gasteiger partial charge on any atom is -0.467 e. The quantitative estimate of drug-likeness (QED) is 0.280. The first-order chi connectivity index (χ1) is 16.9. The summed E-state index contributed by atoms with van der Waals surface area (Å²) < 4.78 is 7.46. The van der Waals surface area contributed by atoms with E-state index in [1.54, 1.807) is 29.5 Å². The van der Waals surface area contributed by atoms with Crippen LogP contribution in [0.25, 0.3) is 11.7 Å². The van der Waals surface area contributed by atoms with Gasteiger partial charge in [-0.2, -0.15) is 0 Å². The molecule has 3 aromatic rings. The number of anilines is 1. The fourth-order valence-electron chi connectivity index (χ4n) is 4.12. The number of thiocarbonyl (C=S) groups is 1. The number of carbonyl (C=O) groups excluding carboxylic acids is 1. The highest BCUT2D eigenvalue weighted by molar-refractivity contribution is 8.26. The van der Waals surface area contributed by atoms with Crippen LogP contribution in [0, 0.1) is 12.8 Å². The van der Waals surface area contributed by atoms with Gasteiger partial charge in [-0.05, 0) is 49.1 Å². The molecule has 0 radical (unpaired) electrons. The van der Waals surface area contributed by atoms with Gasteiger partial charge in [0.05, 0.1) is 23.3 Å². The number of hydrogen-bond acceptors (Lipinski definition) is 7. The van der Waals surface area contributed by atoms with Gasteiger partial charge >= 0.3 is 0 Å². The Kier molecular flexibility index (Phi) is 8.07. The molecule has 0 aromatic carbocycles. The maximum Gasteiger partial charge on any atom is 0.267 e. The average molecular weight is 511 g/mol. The number of nitrogens with zero attached hydrogens (tertiary/aromatic N) is 3. The third-order valence-electron chi connectivity index (χ3n) is 6.23. The van der Waals surface area contributed by atoms with Crippen LogP contribution in [-0.4, -0.2) is 31.1 Å². The van der Waals surface area contributed by atoms with E-state index in [0.717, 1.165) is 31.2 Å². The molecular formula is C26H30N4O3S2. The monoisotopic (exact) mass is 510 g/mol. The number of unbranched alkanes of at least 4 members (excludes halogenated alkanes) is 1. The molecule has 9 heteroatoms. The van der Waals surface area contributed by atoms with Gasteiger partial charge in [-0.25, -0.2) is 4.98 Å². The van der Waals surface area contributed by atoms with Gasteiger partial charge < -0.3 is 9.73 Å². The number of hydrogen-bond donors (Lipinski definition) is 1. The van der Waals surface area contributed by atoms with Crippen molar-refractivity contribution in [3.8, 4) is 0 Å². The Morgan fingerprint density at radius 3 is 2.80 bits per heavy atom. The van der Waals surface area contributed by atoms with Crippen LogP contribution in [0.5, 0.6) is 0 Å². The minimum atomic E-state index is -0.250. The van der Waals surface area contributed by atoms with Gasteiger partial charge in [0, 0.05) is 12.7 Å². The van der Waals surface area contributed by atoms with Gasteiger partial charge in [-0.3, -0.25) is 18.9 Å². The van der Waals surface area contributed by atoms with E-state index in [1.165, 1.54) is 16.2 Å². The summed E-state index contributed by atoms with van der Waals surface area (Å²) in [6.07, 6.45) is 9.23. The van der Waals surface area contributed by atoms with Gasteiger partial charge in [0.1, 0.15) is 21.5 Å².